The number of piperidine rings is 1. The van der Waals surface area contributed by atoms with Crippen molar-refractivity contribution in [2.45, 2.75) is 12.8 Å². The van der Waals surface area contributed by atoms with Crippen LogP contribution in [0.15, 0.2) is 55.4 Å². The van der Waals surface area contributed by atoms with Gasteiger partial charge < -0.3 is 10.2 Å². The van der Waals surface area contributed by atoms with Crippen LogP contribution in [0.5, 0.6) is 0 Å². The molecular weight excluding hydrogens is 340 g/mol. The van der Waals surface area contributed by atoms with Crippen molar-refractivity contribution in [2.75, 3.05) is 24.5 Å². The first kappa shape index (κ1) is 17.2. The van der Waals surface area contributed by atoms with Crippen molar-refractivity contribution in [3.8, 4) is 11.3 Å². The van der Waals surface area contributed by atoms with Gasteiger partial charge in [-0.2, -0.15) is 14.6 Å². The van der Waals surface area contributed by atoms with Crippen molar-refractivity contribution in [3.05, 3.63) is 55.4 Å². The Labute approximate surface area is 157 Å². The largest absolute Gasteiger partial charge is 0.356 e. The molecule has 1 aliphatic heterocycles. The summed E-state index contributed by atoms with van der Waals surface area (Å²) in [6.07, 6.45) is 4.84. The fourth-order valence-corrected chi connectivity index (χ4v) is 3.47. The van der Waals surface area contributed by atoms with Crippen LogP contribution in [0.1, 0.15) is 12.8 Å². The molecule has 0 bridgehead atoms. The molecule has 4 rings (SSSR count). The Bertz CT molecular complexity index is 944. The number of fused-ring (bicyclic) bond motifs is 1. The summed E-state index contributed by atoms with van der Waals surface area (Å²) >= 11 is 0. The minimum Gasteiger partial charge on any atom is -0.356 e. The fraction of sp³-hybridized carbons (Fsp3) is 0.300. The molecule has 0 unspecified atom stereocenters. The summed E-state index contributed by atoms with van der Waals surface area (Å²) in [7, 11) is 0. The van der Waals surface area contributed by atoms with Crippen LogP contribution in [0.4, 0.5) is 5.82 Å². The smallest absolute Gasteiger partial charge is 0.254 e. The van der Waals surface area contributed by atoms with Gasteiger partial charge in [-0.05, 0) is 12.8 Å². The van der Waals surface area contributed by atoms with Gasteiger partial charge in [-0.25, -0.2) is 4.98 Å². The Morgan fingerprint density at radius 1 is 1.26 bits per heavy atom. The van der Waals surface area contributed by atoms with Crippen LogP contribution in [0.3, 0.4) is 0 Å². The van der Waals surface area contributed by atoms with E-state index in [1.807, 2.05) is 30.3 Å². The van der Waals surface area contributed by atoms with Crippen LogP contribution < -0.4 is 10.2 Å². The average molecular weight is 362 g/mol. The van der Waals surface area contributed by atoms with Crippen LogP contribution >= 0.6 is 0 Å². The minimum absolute atomic E-state index is 0.0443. The predicted molar refractivity (Wildman–Crippen MR) is 104 cm³/mol. The molecule has 0 atom stereocenters. The molecule has 3 aromatic rings. The third kappa shape index (κ3) is 3.53. The first-order chi connectivity index (χ1) is 13.3. The lowest BCUT2D eigenvalue weighted by atomic mass is 9.96. The summed E-state index contributed by atoms with van der Waals surface area (Å²) in [4.78, 5) is 23.4. The number of carbonyl (C=O) groups excluding carboxylic acids is 1. The van der Waals surface area contributed by atoms with E-state index in [9.17, 15) is 4.79 Å². The van der Waals surface area contributed by atoms with Crippen molar-refractivity contribution < 1.29 is 4.79 Å². The lowest BCUT2D eigenvalue weighted by molar-refractivity contribution is -0.125. The monoisotopic (exact) mass is 362 g/mol. The van der Waals surface area contributed by atoms with Gasteiger partial charge in [0.15, 0.2) is 0 Å². The number of anilines is 1. The van der Waals surface area contributed by atoms with E-state index in [1.54, 1.807) is 10.6 Å². The van der Waals surface area contributed by atoms with Crippen molar-refractivity contribution >= 4 is 17.5 Å². The molecule has 27 heavy (non-hydrogen) atoms. The number of benzene rings is 1. The predicted octanol–water partition coefficient (Wildman–Crippen LogP) is 2.31. The highest BCUT2D eigenvalue weighted by Gasteiger charge is 2.26. The Morgan fingerprint density at radius 3 is 2.78 bits per heavy atom. The molecule has 1 aliphatic rings. The molecular formula is C20H22N6O. The standard InChI is InChI=1S/C20H22N6O/c1-2-10-21-19(27)16-8-11-25(12-9-16)18-13-17(15-6-4-3-5-7-15)24-20-22-14-23-26(18)20/h2-7,13-14,16H,1,8-12H2,(H,21,27). The normalized spacial score (nSPS) is 15.0. The number of aromatic nitrogens is 4. The van der Waals surface area contributed by atoms with E-state index in [4.69, 9.17) is 0 Å². The number of hydrogen-bond acceptors (Lipinski definition) is 5. The second kappa shape index (κ2) is 7.57. The maximum absolute atomic E-state index is 12.2. The molecule has 0 aliphatic carbocycles. The van der Waals surface area contributed by atoms with Gasteiger partial charge in [0.25, 0.3) is 5.78 Å². The van der Waals surface area contributed by atoms with Crippen LogP contribution in [0.25, 0.3) is 17.0 Å². The molecule has 1 aromatic carbocycles. The van der Waals surface area contributed by atoms with Crippen molar-refractivity contribution in [3.63, 3.8) is 0 Å². The Morgan fingerprint density at radius 2 is 2.04 bits per heavy atom. The third-order valence-electron chi connectivity index (χ3n) is 4.91. The Balaban J connectivity index is 1.58. The minimum atomic E-state index is 0.0443. The number of hydrogen-bond donors (Lipinski definition) is 1. The molecule has 1 amide bonds. The molecule has 1 N–H and O–H groups in total. The van der Waals surface area contributed by atoms with Crippen LogP contribution in [-0.4, -0.2) is 45.1 Å². The SMILES string of the molecule is C=CCNC(=O)C1CCN(c2cc(-c3ccccc3)nc3ncnn23)CC1. The van der Waals surface area contributed by atoms with Gasteiger partial charge in [0.1, 0.15) is 12.1 Å². The maximum Gasteiger partial charge on any atom is 0.254 e. The lowest BCUT2D eigenvalue weighted by Crippen LogP contribution is -2.41. The lowest BCUT2D eigenvalue weighted by Gasteiger charge is -2.32. The summed E-state index contributed by atoms with van der Waals surface area (Å²) < 4.78 is 1.77. The van der Waals surface area contributed by atoms with Gasteiger partial charge in [-0.3, -0.25) is 4.79 Å². The van der Waals surface area contributed by atoms with E-state index >= 15 is 0 Å². The highest BCUT2D eigenvalue weighted by atomic mass is 16.1. The van der Waals surface area contributed by atoms with Crippen molar-refractivity contribution in [1.29, 1.82) is 0 Å². The second-order valence-corrected chi connectivity index (χ2v) is 6.63. The van der Waals surface area contributed by atoms with Gasteiger partial charge in [0.05, 0.1) is 5.69 Å². The maximum atomic E-state index is 12.2. The number of amides is 1. The fourth-order valence-electron chi connectivity index (χ4n) is 3.47. The van der Waals surface area contributed by atoms with E-state index in [2.05, 4.69) is 37.9 Å². The van der Waals surface area contributed by atoms with Crippen molar-refractivity contribution in [2.24, 2.45) is 5.92 Å². The van der Waals surface area contributed by atoms with Crippen LogP contribution in [-0.2, 0) is 4.79 Å². The summed E-state index contributed by atoms with van der Waals surface area (Å²) in [5.74, 6) is 1.70. The summed E-state index contributed by atoms with van der Waals surface area (Å²) in [6, 6.07) is 12.1. The molecule has 0 saturated carbocycles. The van der Waals surface area contributed by atoms with E-state index in [0.29, 0.717) is 12.3 Å². The molecule has 1 saturated heterocycles. The number of carbonyl (C=O) groups is 1. The Hall–Kier alpha value is -3.22. The number of nitrogens with one attached hydrogen (secondary N) is 1. The molecule has 0 radical (unpaired) electrons. The van der Waals surface area contributed by atoms with E-state index < -0.39 is 0 Å². The van der Waals surface area contributed by atoms with Crippen LogP contribution in [0, 0.1) is 5.92 Å². The summed E-state index contributed by atoms with van der Waals surface area (Å²) in [6.45, 7) is 5.74. The zero-order valence-corrected chi connectivity index (χ0v) is 15.1. The molecule has 3 heterocycles. The van der Waals surface area contributed by atoms with E-state index in [1.165, 1.54) is 6.33 Å². The third-order valence-corrected chi connectivity index (χ3v) is 4.91. The molecule has 2 aromatic heterocycles. The zero-order valence-electron chi connectivity index (χ0n) is 15.1. The summed E-state index contributed by atoms with van der Waals surface area (Å²) in [5, 5.41) is 7.23. The van der Waals surface area contributed by atoms with Gasteiger partial charge >= 0.3 is 0 Å². The molecule has 138 valence electrons. The highest BCUT2D eigenvalue weighted by Crippen LogP contribution is 2.27. The van der Waals surface area contributed by atoms with Gasteiger partial charge in [-0.1, -0.05) is 36.4 Å². The van der Waals surface area contributed by atoms with Gasteiger partial charge in [0, 0.05) is 37.2 Å². The zero-order chi connectivity index (χ0) is 18.6. The molecule has 1 fully saturated rings. The quantitative estimate of drug-likeness (QED) is 0.705. The van der Waals surface area contributed by atoms with Crippen molar-refractivity contribution in [1.82, 2.24) is 24.9 Å². The topological polar surface area (TPSA) is 75.4 Å². The Kier molecular flexibility index (Phi) is 4.82. The molecule has 7 nitrogen and oxygen atoms in total. The number of rotatable bonds is 5. The second-order valence-electron chi connectivity index (χ2n) is 6.63. The van der Waals surface area contributed by atoms with E-state index in [0.717, 1.165) is 43.0 Å². The van der Waals surface area contributed by atoms with Crippen LogP contribution in [0.2, 0.25) is 0 Å². The molecule has 7 heteroatoms. The first-order valence-corrected chi connectivity index (χ1v) is 9.16. The molecule has 0 spiro atoms. The van der Waals surface area contributed by atoms with Gasteiger partial charge in [0.2, 0.25) is 5.91 Å². The van der Waals surface area contributed by atoms with E-state index in [-0.39, 0.29) is 11.8 Å². The van der Waals surface area contributed by atoms with Gasteiger partial charge in [-0.15, -0.1) is 6.58 Å². The highest BCUT2D eigenvalue weighted by molar-refractivity contribution is 5.79. The first-order valence-electron chi connectivity index (χ1n) is 9.16. The average Bonchev–Trinajstić information content (AvgIpc) is 3.21. The summed E-state index contributed by atoms with van der Waals surface area (Å²) in [5.41, 5.74) is 1.92. The number of nitrogens with zero attached hydrogens (tertiary/aromatic N) is 5.